The number of benzene rings is 1. The lowest BCUT2D eigenvalue weighted by atomic mass is 9.88. The average Bonchev–Trinajstić information content (AvgIpc) is 3.03. The third-order valence-corrected chi connectivity index (χ3v) is 3.82. The van der Waals surface area contributed by atoms with E-state index in [1.54, 1.807) is 42.1 Å². The molecule has 0 saturated carbocycles. The quantitative estimate of drug-likeness (QED) is 0.810. The second-order valence-corrected chi connectivity index (χ2v) is 5.67. The molecule has 0 aliphatic carbocycles. The molecule has 1 aromatic carbocycles. The molecule has 7 nitrogen and oxygen atoms in total. The van der Waals surface area contributed by atoms with Crippen LogP contribution in [0.2, 0.25) is 0 Å². The van der Waals surface area contributed by atoms with E-state index in [4.69, 9.17) is 4.74 Å². The summed E-state index contributed by atoms with van der Waals surface area (Å²) in [4.78, 5) is 23.8. The van der Waals surface area contributed by atoms with Gasteiger partial charge >= 0.3 is 5.97 Å². The zero-order valence-electron chi connectivity index (χ0n) is 13.9. The molecule has 1 unspecified atom stereocenters. The molecular formula is C17H21N3O4. The van der Waals surface area contributed by atoms with Crippen LogP contribution >= 0.6 is 0 Å². The van der Waals surface area contributed by atoms with Gasteiger partial charge in [0.1, 0.15) is 5.75 Å². The number of amides is 1. The summed E-state index contributed by atoms with van der Waals surface area (Å²) in [5.41, 5.74) is -0.0389. The van der Waals surface area contributed by atoms with Crippen molar-refractivity contribution in [1.82, 2.24) is 15.1 Å². The largest absolute Gasteiger partial charge is 0.497 e. The number of carboxylic acids is 1. The number of aliphatic carboxylic acids is 1. The monoisotopic (exact) mass is 331 g/mol. The van der Waals surface area contributed by atoms with Gasteiger partial charge in [-0.05, 0) is 31.5 Å². The molecule has 1 aromatic heterocycles. The summed E-state index contributed by atoms with van der Waals surface area (Å²) in [6.45, 7) is 4.24. The molecule has 2 rings (SSSR count). The first-order chi connectivity index (χ1) is 11.4. The van der Waals surface area contributed by atoms with Gasteiger partial charge in [-0.25, -0.2) is 0 Å². The zero-order chi connectivity index (χ0) is 17.7. The highest BCUT2D eigenvalue weighted by Gasteiger charge is 2.32. The number of carbonyl (C=O) groups excluding carboxylic acids is 1. The summed E-state index contributed by atoms with van der Waals surface area (Å²) >= 11 is 0. The number of hydrogen-bond donors (Lipinski definition) is 2. The lowest BCUT2D eigenvalue weighted by Gasteiger charge is -2.30. The van der Waals surface area contributed by atoms with Gasteiger partial charge in [0, 0.05) is 12.7 Å². The van der Waals surface area contributed by atoms with Gasteiger partial charge in [-0.3, -0.25) is 14.3 Å². The molecule has 1 atom stereocenters. The minimum atomic E-state index is -1.08. The minimum Gasteiger partial charge on any atom is -0.497 e. The van der Waals surface area contributed by atoms with E-state index in [9.17, 15) is 14.7 Å². The fourth-order valence-electron chi connectivity index (χ4n) is 2.46. The number of methoxy groups -OCH3 is 1. The van der Waals surface area contributed by atoms with Crippen molar-refractivity contribution in [3.8, 4) is 5.75 Å². The number of aromatic nitrogens is 2. The van der Waals surface area contributed by atoms with E-state index in [0.717, 1.165) is 0 Å². The molecule has 128 valence electrons. The van der Waals surface area contributed by atoms with Gasteiger partial charge < -0.3 is 15.2 Å². The Morgan fingerprint density at radius 1 is 1.42 bits per heavy atom. The van der Waals surface area contributed by atoms with Crippen molar-refractivity contribution in [1.29, 1.82) is 0 Å². The van der Waals surface area contributed by atoms with Crippen LogP contribution in [0.3, 0.4) is 0 Å². The Morgan fingerprint density at radius 2 is 2.17 bits per heavy atom. The number of nitrogens with zero attached hydrogens (tertiary/aromatic N) is 2. The standard InChI is InChI=1S/C17H21N3O4/c1-4-20-11-12(10-18-20)16(23)19-17(2,9-15(21)22)13-6-5-7-14(8-13)24-3/h5-8,10-11H,4,9H2,1-3H3,(H,19,23)(H,21,22). The summed E-state index contributed by atoms with van der Waals surface area (Å²) in [5.74, 6) is -0.789. The topological polar surface area (TPSA) is 93.5 Å². The molecule has 0 fully saturated rings. The third-order valence-electron chi connectivity index (χ3n) is 3.82. The second kappa shape index (κ2) is 7.16. The van der Waals surface area contributed by atoms with Crippen molar-refractivity contribution < 1.29 is 19.4 Å². The van der Waals surface area contributed by atoms with Crippen molar-refractivity contribution in [3.63, 3.8) is 0 Å². The smallest absolute Gasteiger partial charge is 0.306 e. The van der Waals surface area contributed by atoms with E-state index in [1.807, 2.05) is 6.92 Å². The summed E-state index contributed by atoms with van der Waals surface area (Å²) in [6.07, 6.45) is 2.83. The molecule has 7 heteroatoms. The minimum absolute atomic E-state index is 0.256. The first-order valence-electron chi connectivity index (χ1n) is 7.59. The predicted octanol–water partition coefficient (Wildman–Crippen LogP) is 2.03. The van der Waals surface area contributed by atoms with Crippen LogP contribution in [0, 0.1) is 0 Å². The average molecular weight is 331 g/mol. The van der Waals surface area contributed by atoms with E-state index >= 15 is 0 Å². The second-order valence-electron chi connectivity index (χ2n) is 5.67. The molecule has 0 saturated heterocycles. The highest BCUT2D eigenvalue weighted by molar-refractivity contribution is 5.94. The Morgan fingerprint density at radius 3 is 2.75 bits per heavy atom. The number of aryl methyl sites for hydroxylation is 1. The van der Waals surface area contributed by atoms with Crippen molar-refractivity contribution in [2.45, 2.75) is 32.4 Å². The third kappa shape index (κ3) is 3.92. The van der Waals surface area contributed by atoms with Gasteiger partial charge in [0.05, 0.1) is 30.8 Å². The first kappa shape index (κ1) is 17.5. The highest BCUT2D eigenvalue weighted by atomic mass is 16.5. The number of hydrogen-bond acceptors (Lipinski definition) is 4. The summed E-state index contributed by atoms with van der Waals surface area (Å²) in [6, 6.07) is 7.01. The molecule has 24 heavy (non-hydrogen) atoms. The fourth-order valence-corrected chi connectivity index (χ4v) is 2.46. The SMILES string of the molecule is CCn1cc(C(=O)NC(C)(CC(=O)O)c2cccc(OC)c2)cn1. The molecule has 2 aromatic rings. The number of rotatable bonds is 7. The Bertz CT molecular complexity index is 741. The number of nitrogens with one attached hydrogen (secondary N) is 1. The van der Waals surface area contributed by atoms with Crippen LogP contribution in [0.25, 0.3) is 0 Å². The zero-order valence-corrected chi connectivity index (χ0v) is 13.9. The molecule has 0 aliphatic heterocycles. The molecule has 2 N–H and O–H groups in total. The van der Waals surface area contributed by atoms with E-state index in [-0.39, 0.29) is 12.3 Å². The fraction of sp³-hybridized carbons (Fsp3) is 0.353. The summed E-state index contributed by atoms with van der Waals surface area (Å²) in [7, 11) is 1.53. The van der Waals surface area contributed by atoms with Crippen molar-refractivity contribution in [2.24, 2.45) is 0 Å². The van der Waals surface area contributed by atoms with Crippen LogP contribution in [0.15, 0.2) is 36.7 Å². The molecule has 0 radical (unpaired) electrons. The molecule has 0 aliphatic rings. The molecular weight excluding hydrogens is 310 g/mol. The van der Waals surface area contributed by atoms with Crippen molar-refractivity contribution >= 4 is 11.9 Å². The van der Waals surface area contributed by atoms with Crippen molar-refractivity contribution in [2.75, 3.05) is 7.11 Å². The van der Waals surface area contributed by atoms with Gasteiger partial charge in [-0.2, -0.15) is 5.10 Å². The van der Waals surface area contributed by atoms with E-state index < -0.39 is 11.5 Å². The van der Waals surface area contributed by atoms with Crippen LogP contribution in [0.5, 0.6) is 5.75 Å². The van der Waals surface area contributed by atoms with E-state index in [1.165, 1.54) is 13.3 Å². The number of carbonyl (C=O) groups is 2. The van der Waals surface area contributed by atoms with Crippen LogP contribution in [-0.4, -0.2) is 33.9 Å². The lowest BCUT2D eigenvalue weighted by Crippen LogP contribution is -2.45. The van der Waals surface area contributed by atoms with E-state index in [0.29, 0.717) is 23.4 Å². The molecule has 1 heterocycles. The van der Waals surface area contributed by atoms with Crippen LogP contribution in [0.1, 0.15) is 36.2 Å². The van der Waals surface area contributed by atoms with Crippen LogP contribution < -0.4 is 10.1 Å². The number of ether oxygens (including phenoxy) is 1. The normalized spacial score (nSPS) is 13.1. The maximum Gasteiger partial charge on any atom is 0.306 e. The van der Waals surface area contributed by atoms with Crippen LogP contribution in [-0.2, 0) is 16.9 Å². The Labute approximate surface area is 140 Å². The Kier molecular flexibility index (Phi) is 5.23. The van der Waals surface area contributed by atoms with E-state index in [2.05, 4.69) is 10.4 Å². The predicted molar refractivity (Wildman–Crippen MR) is 88.0 cm³/mol. The maximum atomic E-state index is 12.5. The van der Waals surface area contributed by atoms with Gasteiger partial charge in [0.25, 0.3) is 5.91 Å². The van der Waals surface area contributed by atoms with Gasteiger partial charge in [0.15, 0.2) is 0 Å². The van der Waals surface area contributed by atoms with Gasteiger partial charge in [0.2, 0.25) is 0 Å². The lowest BCUT2D eigenvalue weighted by molar-refractivity contribution is -0.138. The molecule has 1 amide bonds. The highest BCUT2D eigenvalue weighted by Crippen LogP contribution is 2.28. The van der Waals surface area contributed by atoms with Crippen molar-refractivity contribution in [3.05, 3.63) is 47.8 Å². The van der Waals surface area contributed by atoms with Gasteiger partial charge in [-0.15, -0.1) is 0 Å². The van der Waals surface area contributed by atoms with Crippen LogP contribution in [0.4, 0.5) is 0 Å². The first-order valence-corrected chi connectivity index (χ1v) is 7.59. The van der Waals surface area contributed by atoms with Gasteiger partial charge in [-0.1, -0.05) is 12.1 Å². The molecule has 0 bridgehead atoms. The molecule has 0 spiro atoms. The Balaban J connectivity index is 2.32. The Hall–Kier alpha value is -2.83. The number of carboxylic acid groups (broad SMARTS) is 1. The summed E-state index contributed by atoms with van der Waals surface area (Å²) in [5, 5.41) is 16.1. The summed E-state index contributed by atoms with van der Waals surface area (Å²) < 4.78 is 6.82. The maximum absolute atomic E-state index is 12.5.